The van der Waals surface area contributed by atoms with Gasteiger partial charge in [0.2, 0.25) is 5.91 Å². The zero-order valence-corrected chi connectivity index (χ0v) is 9.88. The van der Waals surface area contributed by atoms with Crippen LogP contribution in [0.2, 0.25) is 0 Å². The minimum absolute atomic E-state index is 0.0873. The average Bonchev–Trinajstić information content (AvgIpc) is 2.69. The van der Waals surface area contributed by atoms with Crippen molar-refractivity contribution in [2.45, 2.75) is 31.3 Å². The molecule has 1 unspecified atom stereocenters. The van der Waals surface area contributed by atoms with Crippen molar-refractivity contribution in [3.8, 4) is 0 Å². The Balaban J connectivity index is 1.59. The highest BCUT2D eigenvalue weighted by molar-refractivity contribution is 5.82. The highest BCUT2D eigenvalue weighted by Crippen LogP contribution is 2.25. The molecule has 0 saturated carbocycles. The standard InChI is InChI=1S/C12H18N4O/c17-12-11(4-1-2-5-13-12)15-8-10(9-15)16-7-3-6-14-16/h3,6-7,10-11H,1-2,4-5,8-9H2,(H,13,17). The van der Waals surface area contributed by atoms with Crippen LogP contribution in [0.4, 0.5) is 0 Å². The van der Waals surface area contributed by atoms with Gasteiger partial charge in [-0.2, -0.15) is 5.10 Å². The van der Waals surface area contributed by atoms with Crippen molar-refractivity contribution in [2.24, 2.45) is 0 Å². The first-order valence-electron chi connectivity index (χ1n) is 6.35. The maximum atomic E-state index is 11.9. The Morgan fingerprint density at radius 3 is 3.00 bits per heavy atom. The largest absolute Gasteiger partial charge is 0.355 e. The first-order chi connectivity index (χ1) is 8.34. The summed E-state index contributed by atoms with van der Waals surface area (Å²) in [5, 5.41) is 7.24. The third-order valence-electron chi connectivity index (χ3n) is 3.74. The fourth-order valence-corrected chi connectivity index (χ4v) is 2.68. The molecule has 3 heterocycles. The quantitative estimate of drug-likeness (QED) is 0.806. The number of carbonyl (C=O) groups excluding carboxylic acids is 1. The Morgan fingerprint density at radius 1 is 1.35 bits per heavy atom. The fraction of sp³-hybridized carbons (Fsp3) is 0.667. The molecule has 2 aliphatic heterocycles. The van der Waals surface area contributed by atoms with Crippen molar-refractivity contribution < 1.29 is 4.79 Å². The highest BCUT2D eigenvalue weighted by Gasteiger charge is 2.37. The number of hydrogen-bond donors (Lipinski definition) is 1. The van der Waals surface area contributed by atoms with Gasteiger partial charge in [-0.1, -0.05) is 0 Å². The van der Waals surface area contributed by atoms with Crippen LogP contribution in [0.25, 0.3) is 0 Å². The van der Waals surface area contributed by atoms with E-state index >= 15 is 0 Å². The second-order valence-corrected chi connectivity index (χ2v) is 4.90. The molecule has 3 rings (SSSR count). The molecule has 17 heavy (non-hydrogen) atoms. The van der Waals surface area contributed by atoms with E-state index < -0.39 is 0 Å². The van der Waals surface area contributed by atoms with E-state index in [1.807, 2.05) is 16.9 Å². The first-order valence-corrected chi connectivity index (χ1v) is 6.35. The lowest BCUT2D eigenvalue weighted by Gasteiger charge is -2.43. The van der Waals surface area contributed by atoms with Gasteiger partial charge in [-0.3, -0.25) is 14.4 Å². The molecule has 1 atom stereocenters. The summed E-state index contributed by atoms with van der Waals surface area (Å²) in [6.07, 6.45) is 7.05. The Morgan fingerprint density at radius 2 is 2.24 bits per heavy atom. The van der Waals surface area contributed by atoms with Crippen molar-refractivity contribution in [1.29, 1.82) is 0 Å². The van der Waals surface area contributed by atoms with Gasteiger partial charge in [0.1, 0.15) is 0 Å². The number of nitrogens with zero attached hydrogens (tertiary/aromatic N) is 3. The summed E-state index contributed by atoms with van der Waals surface area (Å²) in [7, 11) is 0. The van der Waals surface area contributed by atoms with Gasteiger partial charge in [-0.25, -0.2) is 0 Å². The van der Waals surface area contributed by atoms with Crippen LogP contribution in [0.5, 0.6) is 0 Å². The van der Waals surface area contributed by atoms with Crippen LogP contribution in [-0.4, -0.2) is 46.3 Å². The van der Waals surface area contributed by atoms with E-state index in [1.54, 1.807) is 6.20 Å². The summed E-state index contributed by atoms with van der Waals surface area (Å²) in [5.74, 6) is 0.210. The number of rotatable bonds is 2. The lowest BCUT2D eigenvalue weighted by molar-refractivity contribution is -0.128. The van der Waals surface area contributed by atoms with Crippen LogP contribution in [0, 0.1) is 0 Å². The SMILES string of the molecule is O=C1NCCCCC1N1CC(n2cccn2)C1. The minimum atomic E-state index is 0.0873. The number of aromatic nitrogens is 2. The van der Waals surface area contributed by atoms with E-state index in [9.17, 15) is 4.79 Å². The van der Waals surface area contributed by atoms with Gasteiger partial charge in [0.25, 0.3) is 0 Å². The molecule has 1 amide bonds. The van der Waals surface area contributed by atoms with E-state index in [0.717, 1.165) is 38.9 Å². The molecule has 2 fully saturated rings. The van der Waals surface area contributed by atoms with Gasteiger partial charge in [0, 0.05) is 32.0 Å². The average molecular weight is 234 g/mol. The molecule has 0 bridgehead atoms. The minimum Gasteiger partial charge on any atom is -0.355 e. The van der Waals surface area contributed by atoms with Crippen LogP contribution in [0.1, 0.15) is 25.3 Å². The molecular formula is C12H18N4O. The smallest absolute Gasteiger partial charge is 0.237 e. The predicted molar refractivity (Wildman–Crippen MR) is 63.5 cm³/mol. The van der Waals surface area contributed by atoms with Crippen LogP contribution in [-0.2, 0) is 4.79 Å². The normalized spacial score (nSPS) is 27.3. The summed E-state index contributed by atoms with van der Waals surface area (Å²) in [6.45, 7) is 2.73. The molecule has 1 aromatic rings. The third-order valence-corrected chi connectivity index (χ3v) is 3.74. The molecule has 1 N–H and O–H groups in total. The van der Waals surface area contributed by atoms with E-state index in [1.165, 1.54) is 0 Å². The second kappa shape index (κ2) is 4.49. The molecule has 0 radical (unpaired) electrons. The molecule has 1 aromatic heterocycles. The summed E-state index contributed by atoms with van der Waals surface area (Å²) < 4.78 is 1.99. The lowest BCUT2D eigenvalue weighted by atomic mass is 10.0. The predicted octanol–water partition coefficient (Wildman–Crippen LogP) is 0.408. The Kier molecular flexibility index (Phi) is 2.84. The molecule has 0 aliphatic carbocycles. The summed E-state index contributed by atoms with van der Waals surface area (Å²) in [4.78, 5) is 14.1. The summed E-state index contributed by atoms with van der Waals surface area (Å²) >= 11 is 0. The molecule has 0 spiro atoms. The lowest BCUT2D eigenvalue weighted by Crippen LogP contribution is -2.57. The number of hydrogen-bond acceptors (Lipinski definition) is 3. The van der Waals surface area contributed by atoms with E-state index in [4.69, 9.17) is 0 Å². The first kappa shape index (κ1) is 10.8. The molecule has 5 heteroatoms. The maximum absolute atomic E-state index is 11.9. The molecule has 5 nitrogen and oxygen atoms in total. The second-order valence-electron chi connectivity index (χ2n) is 4.90. The van der Waals surface area contributed by atoms with Gasteiger partial charge in [-0.05, 0) is 25.3 Å². The van der Waals surface area contributed by atoms with Crippen LogP contribution in [0.3, 0.4) is 0 Å². The zero-order valence-electron chi connectivity index (χ0n) is 9.88. The molecule has 0 aromatic carbocycles. The van der Waals surface area contributed by atoms with Gasteiger partial charge >= 0.3 is 0 Å². The van der Waals surface area contributed by atoms with Crippen molar-refractivity contribution in [1.82, 2.24) is 20.0 Å². The third kappa shape index (κ3) is 2.07. The van der Waals surface area contributed by atoms with E-state index in [0.29, 0.717) is 6.04 Å². The fourth-order valence-electron chi connectivity index (χ4n) is 2.68. The van der Waals surface area contributed by atoms with Crippen LogP contribution >= 0.6 is 0 Å². The number of amides is 1. The number of carbonyl (C=O) groups is 1. The molecule has 92 valence electrons. The van der Waals surface area contributed by atoms with E-state index in [-0.39, 0.29) is 11.9 Å². The van der Waals surface area contributed by atoms with E-state index in [2.05, 4.69) is 15.3 Å². The van der Waals surface area contributed by atoms with Crippen LogP contribution in [0.15, 0.2) is 18.5 Å². The Hall–Kier alpha value is -1.36. The Labute approximate surface area is 101 Å². The topological polar surface area (TPSA) is 50.2 Å². The Bertz CT molecular complexity index is 383. The van der Waals surface area contributed by atoms with Crippen molar-refractivity contribution in [3.05, 3.63) is 18.5 Å². The van der Waals surface area contributed by atoms with Crippen LogP contribution < -0.4 is 5.32 Å². The van der Waals surface area contributed by atoms with Gasteiger partial charge in [0.05, 0.1) is 12.1 Å². The summed E-state index contributed by atoms with van der Waals surface area (Å²) in [5.41, 5.74) is 0. The zero-order chi connectivity index (χ0) is 11.7. The van der Waals surface area contributed by atoms with Crippen molar-refractivity contribution >= 4 is 5.91 Å². The molecule has 2 aliphatic rings. The maximum Gasteiger partial charge on any atom is 0.237 e. The number of nitrogens with one attached hydrogen (secondary N) is 1. The number of likely N-dealkylation sites (tertiary alicyclic amines) is 1. The molecule has 2 saturated heterocycles. The molecular weight excluding hydrogens is 216 g/mol. The monoisotopic (exact) mass is 234 g/mol. The van der Waals surface area contributed by atoms with Gasteiger partial charge < -0.3 is 5.32 Å². The highest BCUT2D eigenvalue weighted by atomic mass is 16.2. The van der Waals surface area contributed by atoms with Gasteiger partial charge in [0.15, 0.2) is 0 Å². The summed E-state index contributed by atoms with van der Waals surface area (Å²) in [6, 6.07) is 2.48. The van der Waals surface area contributed by atoms with Crippen molar-refractivity contribution in [3.63, 3.8) is 0 Å². The van der Waals surface area contributed by atoms with Gasteiger partial charge in [-0.15, -0.1) is 0 Å². The van der Waals surface area contributed by atoms with Crippen molar-refractivity contribution in [2.75, 3.05) is 19.6 Å².